The Hall–Kier alpha value is -3.27. The second-order valence-corrected chi connectivity index (χ2v) is 8.40. The molecule has 1 fully saturated rings. The van der Waals surface area contributed by atoms with Crippen molar-refractivity contribution in [1.82, 2.24) is 25.3 Å². The third-order valence-electron chi connectivity index (χ3n) is 5.90. The van der Waals surface area contributed by atoms with Crippen LogP contribution in [0.25, 0.3) is 11.4 Å². The molecule has 1 aliphatic heterocycles. The molecule has 3 heterocycles. The van der Waals surface area contributed by atoms with Gasteiger partial charge in [0.2, 0.25) is 17.6 Å². The van der Waals surface area contributed by atoms with Gasteiger partial charge in [-0.3, -0.25) is 14.7 Å². The quantitative estimate of drug-likeness (QED) is 0.604. The number of nitrogens with zero attached hydrogens (tertiary/aromatic N) is 4. The number of benzene rings is 1. The summed E-state index contributed by atoms with van der Waals surface area (Å²) in [6.07, 6.45) is 1.61. The Morgan fingerprint density at radius 1 is 1.12 bits per heavy atom. The maximum Gasteiger partial charge on any atom is 0.416 e. The summed E-state index contributed by atoms with van der Waals surface area (Å²) in [5.74, 6) is 0.941. The van der Waals surface area contributed by atoms with Gasteiger partial charge in [-0.15, -0.1) is 0 Å². The maximum atomic E-state index is 12.8. The Balaban J connectivity index is 1.42. The van der Waals surface area contributed by atoms with Crippen LogP contribution in [0, 0.1) is 0 Å². The van der Waals surface area contributed by atoms with Gasteiger partial charge in [0.1, 0.15) is 0 Å². The third kappa shape index (κ3) is 6.40. The van der Waals surface area contributed by atoms with Crippen molar-refractivity contribution >= 4 is 5.91 Å². The molecule has 2 aromatic heterocycles. The molecule has 1 unspecified atom stereocenters. The van der Waals surface area contributed by atoms with Gasteiger partial charge in [0, 0.05) is 49.9 Å². The normalized spacial score (nSPS) is 18.8. The first kappa shape index (κ1) is 23.9. The number of rotatable bonds is 4. The molecule has 3 aromatic rings. The number of aromatic nitrogens is 3. The molecule has 0 bridgehead atoms. The zero-order valence-corrected chi connectivity index (χ0v) is 18.6. The summed E-state index contributed by atoms with van der Waals surface area (Å²) in [6, 6.07) is 8.85. The molecule has 0 saturated carbocycles. The molecule has 4 rings (SSSR count). The fraction of sp³-hybridized carbons (Fsp3) is 0.417. The average Bonchev–Trinajstić information content (AvgIpc) is 3.30. The first-order valence-corrected chi connectivity index (χ1v) is 11.3. The number of nitrogens with one attached hydrogen (secondary N) is 1. The van der Waals surface area contributed by atoms with Crippen LogP contribution in [-0.4, -0.2) is 45.6 Å². The summed E-state index contributed by atoms with van der Waals surface area (Å²) in [5, 5.41) is 7.02. The van der Waals surface area contributed by atoms with E-state index in [0.29, 0.717) is 50.7 Å². The zero-order valence-electron chi connectivity index (χ0n) is 18.6. The van der Waals surface area contributed by atoms with E-state index >= 15 is 0 Å². The Morgan fingerprint density at radius 3 is 2.68 bits per heavy atom. The molecule has 180 valence electrons. The molecular formula is C24H26F3N5O2. The monoisotopic (exact) mass is 473 g/mol. The van der Waals surface area contributed by atoms with Crippen LogP contribution in [0.2, 0.25) is 0 Å². The van der Waals surface area contributed by atoms with Crippen molar-refractivity contribution in [2.24, 2.45) is 0 Å². The summed E-state index contributed by atoms with van der Waals surface area (Å²) >= 11 is 0. The number of alkyl halides is 3. The minimum atomic E-state index is -4.35. The topological polar surface area (TPSA) is 84.2 Å². The zero-order chi connectivity index (χ0) is 24.0. The van der Waals surface area contributed by atoms with Crippen molar-refractivity contribution in [2.45, 2.75) is 44.3 Å². The number of carbonyl (C=O) groups is 1. The molecule has 10 heteroatoms. The second kappa shape index (κ2) is 10.8. The van der Waals surface area contributed by atoms with Gasteiger partial charge in [-0.05, 0) is 55.6 Å². The van der Waals surface area contributed by atoms with E-state index in [9.17, 15) is 18.0 Å². The fourth-order valence-electron chi connectivity index (χ4n) is 4.03. The first-order valence-electron chi connectivity index (χ1n) is 11.3. The van der Waals surface area contributed by atoms with Crippen molar-refractivity contribution in [1.29, 1.82) is 0 Å². The third-order valence-corrected chi connectivity index (χ3v) is 5.90. The number of halogens is 3. The molecule has 1 N–H and O–H groups in total. The molecule has 0 spiro atoms. The Kier molecular flexibility index (Phi) is 7.56. The van der Waals surface area contributed by atoms with Crippen LogP contribution in [0.3, 0.4) is 0 Å². The maximum absolute atomic E-state index is 12.8. The average molecular weight is 473 g/mol. The van der Waals surface area contributed by atoms with Crippen LogP contribution < -0.4 is 5.32 Å². The molecule has 1 saturated heterocycles. The van der Waals surface area contributed by atoms with Crippen LogP contribution in [0.5, 0.6) is 0 Å². The predicted molar refractivity (Wildman–Crippen MR) is 118 cm³/mol. The molecule has 1 amide bonds. The summed E-state index contributed by atoms with van der Waals surface area (Å²) in [6.45, 7) is 2.21. The van der Waals surface area contributed by atoms with E-state index in [4.69, 9.17) is 4.52 Å². The number of hydrogen-bond acceptors (Lipinski definition) is 6. The predicted octanol–water partition coefficient (Wildman–Crippen LogP) is 4.43. The van der Waals surface area contributed by atoms with E-state index in [1.807, 2.05) is 6.07 Å². The molecule has 0 aliphatic carbocycles. The highest BCUT2D eigenvalue weighted by molar-refractivity contribution is 5.76. The summed E-state index contributed by atoms with van der Waals surface area (Å²) in [7, 11) is 0. The van der Waals surface area contributed by atoms with Crippen molar-refractivity contribution in [3.05, 3.63) is 65.8 Å². The fourth-order valence-corrected chi connectivity index (χ4v) is 4.03. The van der Waals surface area contributed by atoms with Gasteiger partial charge in [-0.25, -0.2) is 0 Å². The van der Waals surface area contributed by atoms with Crippen LogP contribution in [0.15, 0.2) is 53.3 Å². The minimum Gasteiger partial charge on any atom is -0.356 e. The van der Waals surface area contributed by atoms with E-state index in [2.05, 4.69) is 25.3 Å². The highest BCUT2D eigenvalue weighted by atomic mass is 19.4. The van der Waals surface area contributed by atoms with Gasteiger partial charge in [-0.1, -0.05) is 17.3 Å². The van der Waals surface area contributed by atoms with Gasteiger partial charge in [0.25, 0.3) is 0 Å². The minimum absolute atomic E-state index is 0.00996. The standard InChI is InChI=1S/C24H26F3N5O2/c25-24(26,27)20-7-5-17(6-8-20)16-32-13-2-4-18(9-12-29-21(33)10-14-32)23-30-22(31-34-23)19-3-1-11-28-15-19/h1,3,5-8,11,15,18H,2,4,9-10,12-14,16H2,(H,29,33). The molecule has 0 radical (unpaired) electrons. The van der Waals surface area contributed by atoms with Gasteiger partial charge in [0.15, 0.2) is 0 Å². The van der Waals surface area contributed by atoms with E-state index in [1.165, 1.54) is 12.1 Å². The molecular weight excluding hydrogens is 447 g/mol. The molecule has 34 heavy (non-hydrogen) atoms. The Bertz CT molecular complexity index is 1070. The van der Waals surface area contributed by atoms with E-state index in [1.54, 1.807) is 18.5 Å². The van der Waals surface area contributed by atoms with Crippen molar-refractivity contribution in [3.63, 3.8) is 0 Å². The first-order chi connectivity index (χ1) is 16.4. The lowest BCUT2D eigenvalue weighted by molar-refractivity contribution is -0.137. The molecule has 7 nitrogen and oxygen atoms in total. The lowest BCUT2D eigenvalue weighted by Gasteiger charge is -2.22. The van der Waals surface area contributed by atoms with E-state index in [0.717, 1.165) is 36.1 Å². The summed E-state index contributed by atoms with van der Waals surface area (Å²) in [5.41, 5.74) is 0.879. The van der Waals surface area contributed by atoms with Gasteiger partial charge < -0.3 is 9.84 Å². The van der Waals surface area contributed by atoms with Crippen molar-refractivity contribution in [3.8, 4) is 11.4 Å². The van der Waals surface area contributed by atoms with Crippen molar-refractivity contribution in [2.75, 3.05) is 19.6 Å². The van der Waals surface area contributed by atoms with Gasteiger partial charge in [-0.2, -0.15) is 18.2 Å². The summed E-state index contributed by atoms with van der Waals surface area (Å²) in [4.78, 5) is 23.0. The molecule has 1 atom stereocenters. The van der Waals surface area contributed by atoms with Crippen LogP contribution in [0.4, 0.5) is 13.2 Å². The highest BCUT2D eigenvalue weighted by Gasteiger charge is 2.30. The van der Waals surface area contributed by atoms with Crippen LogP contribution in [-0.2, 0) is 17.5 Å². The number of carbonyl (C=O) groups excluding carboxylic acids is 1. The van der Waals surface area contributed by atoms with Crippen molar-refractivity contribution < 1.29 is 22.5 Å². The van der Waals surface area contributed by atoms with E-state index in [-0.39, 0.29) is 11.8 Å². The van der Waals surface area contributed by atoms with E-state index < -0.39 is 11.7 Å². The second-order valence-electron chi connectivity index (χ2n) is 8.40. The van der Waals surface area contributed by atoms with Gasteiger partial charge in [0.05, 0.1) is 5.56 Å². The number of pyridine rings is 1. The lowest BCUT2D eigenvalue weighted by Crippen LogP contribution is -2.31. The van der Waals surface area contributed by atoms with Gasteiger partial charge >= 0.3 is 6.18 Å². The highest BCUT2D eigenvalue weighted by Crippen LogP contribution is 2.29. The lowest BCUT2D eigenvalue weighted by atomic mass is 9.99. The number of amides is 1. The molecule has 1 aliphatic rings. The van der Waals surface area contributed by atoms with Crippen LogP contribution in [0.1, 0.15) is 48.6 Å². The Labute approximate surface area is 195 Å². The summed E-state index contributed by atoms with van der Waals surface area (Å²) < 4.78 is 44.1. The molecule has 1 aromatic carbocycles. The largest absolute Gasteiger partial charge is 0.416 e. The number of hydrogen-bond donors (Lipinski definition) is 1. The Morgan fingerprint density at radius 2 is 1.94 bits per heavy atom. The van der Waals surface area contributed by atoms with Crippen LogP contribution >= 0.6 is 0 Å². The SMILES string of the molecule is O=C1CCN(Cc2ccc(C(F)(F)F)cc2)CCCC(c2nc(-c3cccnc3)no2)CCN1. The smallest absolute Gasteiger partial charge is 0.356 e.